The Kier molecular flexibility index (Phi) is 3.19. The molecule has 0 saturated carbocycles. The normalized spacial score (nSPS) is 15.2. The van der Waals surface area contributed by atoms with Crippen LogP contribution in [0.4, 0.5) is 10.8 Å². The summed E-state index contributed by atoms with van der Waals surface area (Å²) in [6.45, 7) is 2.40. The lowest BCUT2D eigenvalue weighted by Crippen LogP contribution is -2.17. The molecule has 4 heteroatoms. The van der Waals surface area contributed by atoms with Gasteiger partial charge in [0.15, 0.2) is 5.13 Å². The number of hydrogen-bond donors (Lipinski definition) is 1. The smallest absolute Gasteiger partial charge is 0.180 e. The maximum Gasteiger partial charge on any atom is 0.180 e. The van der Waals surface area contributed by atoms with Gasteiger partial charge in [0.25, 0.3) is 0 Å². The predicted molar refractivity (Wildman–Crippen MR) is 77.2 cm³/mol. The molecule has 2 aromatic rings. The Labute approximate surface area is 111 Å². The largest absolute Gasteiger partial charge is 0.375 e. The van der Waals surface area contributed by atoms with Gasteiger partial charge in [-0.1, -0.05) is 12.1 Å². The molecule has 0 atom stereocenters. The van der Waals surface area contributed by atoms with Gasteiger partial charge in [-0.3, -0.25) is 0 Å². The lowest BCUT2D eigenvalue weighted by Gasteiger charge is -2.17. The molecule has 1 saturated heterocycles. The molecule has 0 radical (unpaired) electrons. The third-order valence-corrected chi connectivity index (χ3v) is 4.18. The SMILES string of the molecule is Nc1ncc(Cc2ccc(N3CCCC3)cc2)s1. The van der Waals surface area contributed by atoms with E-state index in [0.717, 1.165) is 6.42 Å². The lowest BCUT2D eigenvalue weighted by molar-refractivity contribution is 0.949. The van der Waals surface area contributed by atoms with Gasteiger partial charge < -0.3 is 10.6 Å². The summed E-state index contributed by atoms with van der Waals surface area (Å²) >= 11 is 1.57. The summed E-state index contributed by atoms with van der Waals surface area (Å²) < 4.78 is 0. The van der Waals surface area contributed by atoms with Crippen LogP contribution in [0.3, 0.4) is 0 Å². The summed E-state index contributed by atoms with van der Waals surface area (Å²) in [5.74, 6) is 0. The van der Waals surface area contributed by atoms with Crippen LogP contribution in [0.2, 0.25) is 0 Å². The van der Waals surface area contributed by atoms with Gasteiger partial charge in [-0.2, -0.15) is 0 Å². The highest BCUT2D eigenvalue weighted by Gasteiger charge is 2.11. The minimum Gasteiger partial charge on any atom is -0.375 e. The Morgan fingerprint density at radius 2 is 1.89 bits per heavy atom. The van der Waals surface area contributed by atoms with Crippen molar-refractivity contribution in [3.63, 3.8) is 0 Å². The van der Waals surface area contributed by atoms with E-state index >= 15 is 0 Å². The molecule has 2 N–H and O–H groups in total. The highest BCUT2D eigenvalue weighted by atomic mass is 32.1. The zero-order valence-electron chi connectivity index (χ0n) is 10.3. The molecule has 0 bridgehead atoms. The number of thiazole rings is 1. The van der Waals surface area contributed by atoms with Crippen LogP contribution >= 0.6 is 11.3 Å². The maximum absolute atomic E-state index is 5.64. The first-order chi connectivity index (χ1) is 8.81. The minimum absolute atomic E-state index is 0.652. The molecular formula is C14H17N3S. The molecule has 2 heterocycles. The van der Waals surface area contributed by atoms with E-state index in [2.05, 4.69) is 34.1 Å². The first-order valence-corrected chi connectivity index (χ1v) is 7.17. The van der Waals surface area contributed by atoms with E-state index in [0.29, 0.717) is 5.13 Å². The van der Waals surface area contributed by atoms with Gasteiger partial charge in [-0.25, -0.2) is 4.98 Å². The maximum atomic E-state index is 5.64. The van der Waals surface area contributed by atoms with Gasteiger partial charge in [-0.05, 0) is 30.5 Å². The van der Waals surface area contributed by atoms with Crippen LogP contribution in [0.25, 0.3) is 0 Å². The molecule has 18 heavy (non-hydrogen) atoms. The second kappa shape index (κ2) is 4.98. The lowest BCUT2D eigenvalue weighted by atomic mass is 10.1. The molecule has 0 amide bonds. The van der Waals surface area contributed by atoms with Crippen molar-refractivity contribution in [2.75, 3.05) is 23.7 Å². The standard InChI is InChI=1S/C14H17N3S/c15-14-16-10-13(18-14)9-11-3-5-12(6-4-11)17-7-1-2-8-17/h3-6,10H,1-2,7-9H2,(H2,15,16). The van der Waals surface area contributed by atoms with Crippen LogP contribution in [0, 0.1) is 0 Å². The zero-order valence-corrected chi connectivity index (χ0v) is 11.1. The second-order valence-corrected chi connectivity index (χ2v) is 5.85. The van der Waals surface area contributed by atoms with Gasteiger partial charge in [0, 0.05) is 36.3 Å². The Morgan fingerprint density at radius 1 is 1.17 bits per heavy atom. The van der Waals surface area contributed by atoms with Crippen molar-refractivity contribution in [1.82, 2.24) is 4.98 Å². The van der Waals surface area contributed by atoms with E-state index in [4.69, 9.17) is 5.73 Å². The molecule has 1 aliphatic rings. The Morgan fingerprint density at radius 3 is 2.50 bits per heavy atom. The van der Waals surface area contributed by atoms with Crippen molar-refractivity contribution in [2.45, 2.75) is 19.3 Å². The first-order valence-electron chi connectivity index (χ1n) is 6.35. The van der Waals surface area contributed by atoms with E-state index in [1.54, 1.807) is 11.3 Å². The van der Waals surface area contributed by atoms with Crippen molar-refractivity contribution in [2.24, 2.45) is 0 Å². The van der Waals surface area contributed by atoms with E-state index in [1.165, 1.54) is 42.1 Å². The van der Waals surface area contributed by atoms with Crippen LogP contribution in [0.5, 0.6) is 0 Å². The topological polar surface area (TPSA) is 42.1 Å². The summed E-state index contributed by atoms with van der Waals surface area (Å²) in [6.07, 6.45) is 5.44. The van der Waals surface area contributed by atoms with Gasteiger partial charge in [0.1, 0.15) is 0 Å². The number of hydrogen-bond acceptors (Lipinski definition) is 4. The molecule has 94 valence electrons. The Bertz CT molecular complexity index is 512. The van der Waals surface area contributed by atoms with Crippen molar-refractivity contribution in [3.05, 3.63) is 40.9 Å². The number of nitrogens with two attached hydrogens (primary N) is 1. The second-order valence-electron chi connectivity index (χ2n) is 4.70. The van der Waals surface area contributed by atoms with Crippen molar-refractivity contribution in [1.29, 1.82) is 0 Å². The van der Waals surface area contributed by atoms with Gasteiger partial charge >= 0.3 is 0 Å². The van der Waals surface area contributed by atoms with E-state index in [-0.39, 0.29) is 0 Å². The summed E-state index contributed by atoms with van der Waals surface area (Å²) in [5.41, 5.74) is 8.31. The number of aromatic nitrogens is 1. The van der Waals surface area contributed by atoms with Crippen LogP contribution in [-0.4, -0.2) is 18.1 Å². The van der Waals surface area contributed by atoms with Gasteiger partial charge in [0.05, 0.1) is 0 Å². The Hall–Kier alpha value is -1.55. The molecule has 1 aromatic heterocycles. The molecule has 0 spiro atoms. The van der Waals surface area contributed by atoms with Crippen LogP contribution in [-0.2, 0) is 6.42 Å². The summed E-state index contributed by atoms with van der Waals surface area (Å²) in [4.78, 5) is 7.76. The summed E-state index contributed by atoms with van der Waals surface area (Å²) in [5, 5.41) is 0.652. The fourth-order valence-electron chi connectivity index (χ4n) is 2.41. The fraction of sp³-hybridized carbons (Fsp3) is 0.357. The van der Waals surface area contributed by atoms with E-state index in [1.807, 2.05) is 6.20 Å². The zero-order chi connectivity index (χ0) is 12.4. The number of benzene rings is 1. The van der Waals surface area contributed by atoms with Gasteiger partial charge in [0.2, 0.25) is 0 Å². The molecular weight excluding hydrogens is 242 g/mol. The average molecular weight is 259 g/mol. The molecule has 1 aliphatic heterocycles. The number of nitrogen functional groups attached to an aromatic ring is 1. The monoisotopic (exact) mass is 259 g/mol. The predicted octanol–water partition coefficient (Wildman–Crippen LogP) is 2.92. The van der Waals surface area contributed by atoms with Crippen molar-refractivity contribution >= 4 is 22.2 Å². The number of rotatable bonds is 3. The highest BCUT2D eigenvalue weighted by molar-refractivity contribution is 7.15. The third-order valence-electron chi connectivity index (χ3n) is 3.36. The third kappa shape index (κ3) is 2.48. The average Bonchev–Trinajstić information content (AvgIpc) is 3.02. The quantitative estimate of drug-likeness (QED) is 0.921. The number of nitrogens with zero attached hydrogens (tertiary/aromatic N) is 2. The first kappa shape index (κ1) is 11.5. The highest BCUT2D eigenvalue weighted by Crippen LogP contribution is 2.23. The van der Waals surface area contributed by atoms with E-state index in [9.17, 15) is 0 Å². The fourth-order valence-corrected chi connectivity index (χ4v) is 3.12. The molecule has 1 fully saturated rings. The molecule has 0 unspecified atom stereocenters. The molecule has 3 rings (SSSR count). The summed E-state index contributed by atoms with van der Waals surface area (Å²) in [6, 6.07) is 8.88. The molecule has 3 nitrogen and oxygen atoms in total. The van der Waals surface area contributed by atoms with Crippen LogP contribution in [0.15, 0.2) is 30.5 Å². The minimum atomic E-state index is 0.652. The number of anilines is 2. The van der Waals surface area contributed by atoms with Crippen LogP contribution < -0.4 is 10.6 Å². The van der Waals surface area contributed by atoms with E-state index < -0.39 is 0 Å². The van der Waals surface area contributed by atoms with Crippen molar-refractivity contribution in [3.8, 4) is 0 Å². The Balaban J connectivity index is 1.70. The summed E-state index contributed by atoms with van der Waals surface area (Å²) in [7, 11) is 0. The van der Waals surface area contributed by atoms with Crippen molar-refractivity contribution < 1.29 is 0 Å². The molecule has 0 aliphatic carbocycles. The molecule has 1 aromatic carbocycles. The van der Waals surface area contributed by atoms with Crippen LogP contribution in [0.1, 0.15) is 23.3 Å². The van der Waals surface area contributed by atoms with Gasteiger partial charge in [-0.15, -0.1) is 11.3 Å².